The molecule has 6 heteroatoms. The Balaban J connectivity index is 1.57. The third-order valence-electron chi connectivity index (χ3n) is 6.19. The van der Waals surface area contributed by atoms with E-state index in [0.717, 1.165) is 31.5 Å². The van der Waals surface area contributed by atoms with E-state index in [2.05, 4.69) is 5.32 Å². The number of amides is 2. The average molecular weight is 403 g/mol. The minimum atomic E-state index is -1.28. The maximum absolute atomic E-state index is 12.7. The maximum Gasteiger partial charge on any atom is 0.347 e. The molecule has 3 rings (SSSR count). The molecular weight excluding hydrogens is 368 g/mol. The lowest BCUT2D eigenvalue weighted by molar-refractivity contribution is -0.152. The molecule has 0 aromatic heterocycles. The number of likely N-dealkylation sites (tertiary alicyclic amines) is 1. The number of benzene rings is 1. The summed E-state index contributed by atoms with van der Waals surface area (Å²) < 4.78 is 5.68. The van der Waals surface area contributed by atoms with Crippen molar-refractivity contribution >= 4 is 12.0 Å². The van der Waals surface area contributed by atoms with Gasteiger partial charge in [0, 0.05) is 25.6 Å². The summed E-state index contributed by atoms with van der Waals surface area (Å²) >= 11 is 0. The number of piperidine rings is 1. The molecule has 0 radical (unpaired) electrons. The molecule has 1 aromatic rings. The second-order valence-corrected chi connectivity index (χ2v) is 8.97. The van der Waals surface area contributed by atoms with Crippen LogP contribution in [0.5, 0.6) is 5.75 Å². The van der Waals surface area contributed by atoms with Crippen LogP contribution in [0.4, 0.5) is 4.79 Å². The Morgan fingerprint density at radius 1 is 1.17 bits per heavy atom. The van der Waals surface area contributed by atoms with Crippen LogP contribution in [-0.2, 0) is 4.79 Å². The number of nitrogens with zero attached hydrogens (tertiary/aromatic N) is 1. The molecule has 1 saturated heterocycles. The SMILES string of the molecule is CC(C)(Oc1cccc([C@@H]2CCCN(C(=O)NCC3CCCCC3)C2)c1)C(=O)O. The van der Waals surface area contributed by atoms with Gasteiger partial charge in [-0.1, -0.05) is 31.4 Å². The fourth-order valence-corrected chi connectivity index (χ4v) is 4.34. The summed E-state index contributed by atoms with van der Waals surface area (Å²) in [6.45, 7) is 5.34. The van der Waals surface area contributed by atoms with E-state index in [1.54, 1.807) is 19.9 Å². The van der Waals surface area contributed by atoms with Gasteiger partial charge in [0.25, 0.3) is 0 Å². The Morgan fingerprint density at radius 3 is 2.66 bits per heavy atom. The van der Waals surface area contributed by atoms with E-state index in [-0.39, 0.29) is 11.9 Å². The van der Waals surface area contributed by atoms with Gasteiger partial charge in [-0.3, -0.25) is 0 Å². The number of ether oxygens (including phenoxy) is 1. The zero-order valence-corrected chi connectivity index (χ0v) is 17.7. The largest absolute Gasteiger partial charge is 0.478 e. The van der Waals surface area contributed by atoms with Gasteiger partial charge in [0.1, 0.15) is 5.75 Å². The number of carbonyl (C=O) groups excluding carboxylic acids is 1. The molecule has 1 aliphatic carbocycles. The molecule has 1 saturated carbocycles. The van der Waals surface area contributed by atoms with Gasteiger partial charge in [-0.15, -0.1) is 0 Å². The molecule has 1 aromatic carbocycles. The smallest absolute Gasteiger partial charge is 0.347 e. The second kappa shape index (κ2) is 9.51. The highest BCUT2D eigenvalue weighted by Crippen LogP contribution is 2.30. The number of rotatable bonds is 6. The highest BCUT2D eigenvalue weighted by atomic mass is 16.5. The molecule has 1 atom stereocenters. The molecule has 0 spiro atoms. The first-order valence-electron chi connectivity index (χ1n) is 10.9. The molecule has 0 unspecified atom stereocenters. The average Bonchev–Trinajstić information content (AvgIpc) is 2.72. The van der Waals surface area contributed by atoms with Gasteiger partial charge in [-0.2, -0.15) is 0 Å². The van der Waals surface area contributed by atoms with Crippen molar-refractivity contribution in [2.75, 3.05) is 19.6 Å². The van der Waals surface area contributed by atoms with Crippen LogP contribution in [0.3, 0.4) is 0 Å². The number of carboxylic acid groups (broad SMARTS) is 1. The zero-order chi connectivity index (χ0) is 20.9. The molecule has 6 nitrogen and oxygen atoms in total. The third-order valence-corrected chi connectivity index (χ3v) is 6.19. The fourth-order valence-electron chi connectivity index (χ4n) is 4.34. The summed E-state index contributed by atoms with van der Waals surface area (Å²) in [5.41, 5.74) is -0.190. The van der Waals surface area contributed by atoms with Crippen molar-refractivity contribution in [3.05, 3.63) is 29.8 Å². The third kappa shape index (κ3) is 5.87. The first kappa shape index (κ1) is 21.5. The summed E-state index contributed by atoms with van der Waals surface area (Å²) in [4.78, 5) is 25.9. The molecule has 1 heterocycles. The second-order valence-electron chi connectivity index (χ2n) is 8.97. The Labute approximate surface area is 173 Å². The van der Waals surface area contributed by atoms with Crippen LogP contribution < -0.4 is 10.1 Å². The van der Waals surface area contributed by atoms with Crippen molar-refractivity contribution in [1.29, 1.82) is 0 Å². The number of carbonyl (C=O) groups is 2. The van der Waals surface area contributed by atoms with Crippen molar-refractivity contribution < 1.29 is 19.4 Å². The first-order chi connectivity index (χ1) is 13.8. The van der Waals surface area contributed by atoms with Gasteiger partial charge in [-0.25, -0.2) is 9.59 Å². The summed E-state index contributed by atoms with van der Waals surface area (Å²) in [6.07, 6.45) is 8.31. The van der Waals surface area contributed by atoms with Crippen LogP contribution in [0.25, 0.3) is 0 Å². The fraction of sp³-hybridized carbons (Fsp3) is 0.652. The Bertz CT molecular complexity index is 713. The molecule has 2 fully saturated rings. The molecule has 29 heavy (non-hydrogen) atoms. The van der Waals surface area contributed by atoms with E-state index >= 15 is 0 Å². The van der Waals surface area contributed by atoms with E-state index in [9.17, 15) is 14.7 Å². The van der Waals surface area contributed by atoms with Crippen molar-refractivity contribution in [2.24, 2.45) is 5.92 Å². The number of hydrogen-bond acceptors (Lipinski definition) is 3. The Morgan fingerprint density at radius 2 is 1.93 bits per heavy atom. The summed E-state index contributed by atoms with van der Waals surface area (Å²) in [7, 11) is 0. The van der Waals surface area contributed by atoms with Crippen LogP contribution in [0.2, 0.25) is 0 Å². The van der Waals surface area contributed by atoms with Crippen LogP contribution >= 0.6 is 0 Å². The van der Waals surface area contributed by atoms with Crippen LogP contribution in [-0.4, -0.2) is 47.2 Å². The predicted octanol–water partition coefficient (Wildman–Crippen LogP) is 4.40. The van der Waals surface area contributed by atoms with Gasteiger partial charge in [-0.05, 0) is 63.1 Å². The van der Waals surface area contributed by atoms with E-state index < -0.39 is 11.6 Å². The molecule has 2 N–H and O–H groups in total. The monoisotopic (exact) mass is 402 g/mol. The number of nitrogens with one attached hydrogen (secondary N) is 1. The highest BCUT2D eigenvalue weighted by Gasteiger charge is 2.30. The maximum atomic E-state index is 12.7. The zero-order valence-electron chi connectivity index (χ0n) is 17.7. The lowest BCUT2D eigenvalue weighted by atomic mass is 9.89. The van der Waals surface area contributed by atoms with Crippen molar-refractivity contribution in [2.45, 2.75) is 70.3 Å². The summed E-state index contributed by atoms with van der Waals surface area (Å²) in [6, 6.07) is 7.67. The lowest BCUT2D eigenvalue weighted by Crippen LogP contribution is -2.46. The number of hydrogen-bond donors (Lipinski definition) is 2. The number of aliphatic carboxylic acids is 1. The molecule has 1 aliphatic heterocycles. The van der Waals surface area contributed by atoms with Gasteiger partial charge >= 0.3 is 12.0 Å². The van der Waals surface area contributed by atoms with Gasteiger partial charge in [0.05, 0.1) is 0 Å². The highest BCUT2D eigenvalue weighted by molar-refractivity contribution is 5.76. The van der Waals surface area contributed by atoms with Crippen LogP contribution in [0.1, 0.15) is 70.3 Å². The Hall–Kier alpha value is -2.24. The minimum Gasteiger partial charge on any atom is -0.478 e. The summed E-state index contributed by atoms with van der Waals surface area (Å²) in [5, 5.41) is 12.4. The van der Waals surface area contributed by atoms with E-state index in [4.69, 9.17) is 4.74 Å². The van der Waals surface area contributed by atoms with Crippen LogP contribution in [0, 0.1) is 5.92 Å². The predicted molar refractivity (Wildman–Crippen MR) is 112 cm³/mol. The molecule has 0 bridgehead atoms. The van der Waals surface area contributed by atoms with E-state index in [1.165, 1.54) is 32.1 Å². The van der Waals surface area contributed by atoms with E-state index in [0.29, 0.717) is 18.2 Å². The Kier molecular flexibility index (Phi) is 7.04. The minimum absolute atomic E-state index is 0.0414. The normalized spacial score (nSPS) is 20.9. The lowest BCUT2D eigenvalue weighted by Gasteiger charge is -2.34. The molecule has 160 valence electrons. The van der Waals surface area contributed by atoms with E-state index in [1.807, 2.05) is 23.1 Å². The summed E-state index contributed by atoms with van der Waals surface area (Å²) in [5.74, 6) is 0.413. The number of carboxylic acids is 1. The molecule has 2 amide bonds. The van der Waals surface area contributed by atoms with Gasteiger partial charge in [0.2, 0.25) is 0 Å². The molecular formula is C23H34N2O4. The van der Waals surface area contributed by atoms with Crippen molar-refractivity contribution in [3.8, 4) is 5.75 Å². The molecule has 2 aliphatic rings. The van der Waals surface area contributed by atoms with Crippen LogP contribution in [0.15, 0.2) is 24.3 Å². The van der Waals surface area contributed by atoms with Gasteiger partial charge in [0.15, 0.2) is 5.60 Å². The van der Waals surface area contributed by atoms with Crippen molar-refractivity contribution in [3.63, 3.8) is 0 Å². The number of urea groups is 1. The quantitative estimate of drug-likeness (QED) is 0.739. The standard InChI is InChI=1S/C23H34N2O4/c1-23(2,21(26)27)29-20-12-6-10-18(14-20)19-11-7-13-25(16-19)22(28)24-15-17-8-4-3-5-9-17/h6,10,12,14,17,19H,3-5,7-9,11,13,15-16H2,1-2H3,(H,24,28)(H,26,27)/t19-/m1/s1. The van der Waals surface area contributed by atoms with Gasteiger partial charge < -0.3 is 20.1 Å². The topological polar surface area (TPSA) is 78.9 Å². The van der Waals surface area contributed by atoms with Crippen molar-refractivity contribution in [1.82, 2.24) is 10.2 Å². The first-order valence-corrected chi connectivity index (χ1v) is 10.9.